The van der Waals surface area contributed by atoms with Gasteiger partial charge in [0.25, 0.3) is 5.91 Å². The number of hydrogen-bond acceptors (Lipinski definition) is 9. The van der Waals surface area contributed by atoms with Crippen LogP contribution in [0, 0.1) is 11.3 Å². The first kappa shape index (κ1) is 23.9. The van der Waals surface area contributed by atoms with Crippen molar-refractivity contribution in [2.75, 3.05) is 19.5 Å². The van der Waals surface area contributed by atoms with Crippen molar-refractivity contribution in [3.05, 3.63) is 41.5 Å². The highest BCUT2D eigenvalue weighted by atomic mass is 32.1. The predicted molar refractivity (Wildman–Crippen MR) is 112 cm³/mol. The zero-order valence-electron chi connectivity index (χ0n) is 17.8. The van der Waals surface area contributed by atoms with Gasteiger partial charge < -0.3 is 9.47 Å². The number of nitriles is 1. The number of ether oxygens (including phenoxy) is 2. The van der Waals surface area contributed by atoms with Gasteiger partial charge >= 0.3 is 6.18 Å². The molecule has 172 valence electrons. The lowest BCUT2D eigenvalue weighted by Crippen LogP contribution is -2.16. The molecule has 0 atom stereocenters. The molecule has 0 bridgehead atoms. The van der Waals surface area contributed by atoms with Crippen molar-refractivity contribution in [3.63, 3.8) is 0 Å². The molecule has 0 radical (unpaired) electrons. The second kappa shape index (κ2) is 8.99. The lowest BCUT2D eigenvalue weighted by Gasteiger charge is -2.15. The van der Waals surface area contributed by atoms with Crippen molar-refractivity contribution in [3.8, 4) is 28.4 Å². The number of nitrogens with zero attached hydrogens (tertiary/aromatic N) is 5. The van der Waals surface area contributed by atoms with E-state index in [1.54, 1.807) is 13.8 Å². The van der Waals surface area contributed by atoms with E-state index >= 15 is 0 Å². The Balaban J connectivity index is 2.01. The molecule has 0 saturated carbocycles. The van der Waals surface area contributed by atoms with Gasteiger partial charge in [0.05, 0.1) is 36.3 Å². The van der Waals surface area contributed by atoms with Crippen LogP contribution in [0.1, 0.15) is 35.5 Å². The second-order valence-corrected chi connectivity index (χ2v) is 8.08. The Hall–Kier alpha value is -3.79. The number of hydrogen-bond donors (Lipinski definition) is 1. The van der Waals surface area contributed by atoms with Gasteiger partial charge in [-0.1, -0.05) is 17.4 Å². The van der Waals surface area contributed by atoms with Crippen LogP contribution in [0.3, 0.4) is 0 Å². The molecule has 1 amide bonds. The van der Waals surface area contributed by atoms with E-state index in [9.17, 15) is 23.2 Å². The maximum atomic E-state index is 13.7. The summed E-state index contributed by atoms with van der Waals surface area (Å²) in [6.07, 6.45) is -2.35. The Morgan fingerprint density at radius 3 is 2.24 bits per heavy atom. The first-order valence-electron chi connectivity index (χ1n) is 9.22. The summed E-state index contributed by atoms with van der Waals surface area (Å²) in [6.45, 7) is 3.34. The van der Waals surface area contributed by atoms with Gasteiger partial charge in [-0.15, -0.1) is 0 Å². The number of carbonyl (C=O) groups excluding carboxylic acids is 1. The minimum absolute atomic E-state index is 0.00369. The van der Waals surface area contributed by atoms with E-state index < -0.39 is 23.2 Å². The smallest absolute Gasteiger partial charge is 0.434 e. The molecule has 9 nitrogen and oxygen atoms in total. The fourth-order valence-electron chi connectivity index (χ4n) is 2.72. The van der Waals surface area contributed by atoms with E-state index in [-0.39, 0.29) is 33.0 Å². The Labute approximate surface area is 190 Å². The van der Waals surface area contributed by atoms with Gasteiger partial charge in [-0.3, -0.25) is 15.1 Å². The van der Waals surface area contributed by atoms with Crippen LogP contribution in [0.4, 0.5) is 18.3 Å². The van der Waals surface area contributed by atoms with Crippen molar-refractivity contribution >= 4 is 22.4 Å². The molecule has 33 heavy (non-hydrogen) atoms. The molecule has 0 aliphatic heterocycles. The Morgan fingerprint density at radius 1 is 1.12 bits per heavy atom. The second-order valence-electron chi connectivity index (χ2n) is 7.08. The summed E-state index contributed by atoms with van der Waals surface area (Å²) in [6, 6.07) is 5.01. The largest absolute Gasteiger partial charge is 0.480 e. The van der Waals surface area contributed by atoms with Gasteiger partial charge in [-0.25, -0.2) is 15.0 Å². The molecule has 0 aliphatic carbocycles. The molecule has 3 rings (SSSR count). The quantitative estimate of drug-likeness (QED) is 0.562. The average molecular weight is 478 g/mol. The Morgan fingerprint density at radius 2 is 1.76 bits per heavy atom. The van der Waals surface area contributed by atoms with Crippen molar-refractivity contribution in [1.29, 1.82) is 5.26 Å². The molecule has 13 heteroatoms. The van der Waals surface area contributed by atoms with Crippen LogP contribution < -0.4 is 14.8 Å². The maximum absolute atomic E-state index is 13.7. The lowest BCUT2D eigenvalue weighted by atomic mass is 9.87. The predicted octanol–water partition coefficient (Wildman–Crippen LogP) is 4.08. The van der Waals surface area contributed by atoms with E-state index in [4.69, 9.17) is 9.47 Å². The number of aromatic nitrogens is 4. The first-order valence-corrected chi connectivity index (χ1v) is 10.0. The van der Waals surface area contributed by atoms with Crippen LogP contribution in [-0.4, -0.2) is 40.1 Å². The van der Waals surface area contributed by atoms with Crippen LogP contribution in [0.2, 0.25) is 0 Å². The topological polar surface area (TPSA) is 123 Å². The van der Waals surface area contributed by atoms with Gasteiger partial charge in [0, 0.05) is 6.20 Å². The first-order chi connectivity index (χ1) is 15.5. The molecule has 0 unspecified atom stereocenters. The zero-order chi connectivity index (χ0) is 24.4. The van der Waals surface area contributed by atoms with Crippen molar-refractivity contribution in [1.82, 2.24) is 19.9 Å². The van der Waals surface area contributed by atoms with E-state index in [1.165, 1.54) is 32.5 Å². The number of anilines is 1. The third-order valence-corrected chi connectivity index (χ3v) is 5.50. The number of nitrogens with one attached hydrogen (secondary N) is 1. The molecule has 3 heterocycles. The third-order valence-electron chi connectivity index (χ3n) is 4.50. The Kier molecular flexibility index (Phi) is 6.50. The van der Waals surface area contributed by atoms with Crippen LogP contribution in [0.5, 0.6) is 11.8 Å². The number of pyridine rings is 1. The van der Waals surface area contributed by atoms with Gasteiger partial charge in [0.1, 0.15) is 6.33 Å². The number of amides is 1. The fraction of sp³-hybridized carbons (Fsp3) is 0.300. The van der Waals surface area contributed by atoms with Gasteiger partial charge in [0.2, 0.25) is 11.8 Å². The van der Waals surface area contributed by atoms with Crippen molar-refractivity contribution in [2.45, 2.75) is 25.4 Å². The van der Waals surface area contributed by atoms with Crippen LogP contribution in [-0.2, 0) is 11.6 Å². The maximum Gasteiger partial charge on any atom is 0.434 e. The number of methoxy groups -OCH3 is 2. The Bertz CT molecular complexity index is 1200. The summed E-state index contributed by atoms with van der Waals surface area (Å²) in [5.74, 6) is -1.11. The molecule has 0 saturated heterocycles. The molecule has 0 aliphatic rings. The summed E-state index contributed by atoms with van der Waals surface area (Å²) in [5, 5.41) is 11.2. The van der Waals surface area contributed by atoms with E-state index in [0.717, 1.165) is 6.33 Å². The van der Waals surface area contributed by atoms with Gasteiger partial charge in [0.15, 0.2) is 16.4 Å². The normalized spacial score (nSPS) is 11.6. The molecule has 3 aromatic heterocycles. The number of rotatable bonds is 6. The van der Waals surface area contributed by atoms with Crippen LogP contribution >= 0.6 is 11.3 Å². The van der Waals surface area contributed by atoms with E-state index in [1.807, 2.05) is 0 Å². The van der Waals surface area contributed by atoms with E-state index in [2.05, 4.69) is 31.3 Å². The SMILES string of the molecule is COc1ncnc(OC)c1C(=O)Nc1nc(C(F)(F)F)c(-c2ccc(C(C)(C)C#N)cn2)s1. The molecule has 1 N–H and O–H groups in total. The minimum atomic E-state index is -4.80. The molecule has 0 aromatic carbocycles. The number of thiazole rings is 1. The molecule has 3 aromatic rings. The fourth-order valence-corrected chi connectivity index (χ4v) is 3.68. The minimum Gasteiger partial charge on any atom is -0.480 e. The molecular weight excluding hydrogens is 461 g/mol. The molecule has 0 fully saturated rings. The molecular formula is C20H17F3N6O3S. The van der Waals surface area contributed by atoms with E-state index in [0.29, 0.717) is 16.9 Å². The summed E-state index contributed by atoms with van der Waals surface area (Å²) < 4.78 is 51.1. The third kappa shape index (κ3) is 4.85. The standard InChI is InChI=1S/C20H17F3N6O3S/c1-19(2,8-24)10-5-6-11(25-7-10)13-14(20(21,22)23)28-18(33-13)29-15(30)12-16(31-3)26-9-27-17(12)32-4/h5-7,9H,1-4H3,(H,28,29,30). The summed E-state index contributed by atoms with van der Waals surface area (Å²) in [4.78, 5) is 27.7. The average Bonchev–Trinajstić information content (AvgIpc) is 3.22. The van der Waals surface area contributed by atoms with Gasteiger partial charge in [-0.2, -0.15) is 18.4 Å². The van der Waals surface area contributed by atoms with Crippen LogP contribution in [0.15, 0.2) is 24.7 Å². The van der Waals surface area contributed by atoms with Crippen molar-refractivity contribution < 1.29 is 27.4 Å². The molecule has 0 spiro atoms. The zero-order valence-corrected chi connectivity index (χ0v) is 18.6. The summed E-state index contributed by atoms with van der Waals surface area (Å²) in [5.41, 5.74) is -1.72. The highest BCUT2D eigenvalue weighted by molar-refractivity contribution is 7.19. The number of halogens is 3. The highest BCUT2D eigenvalue weighted by Crippen LogP contribution is 2.42. The lowest BCUT2D eigenvalue weighted by molar-refractivity contribution is -0.140. The summed E-state index contributed by atoms with van der Waals surface area (Å²) in [7, 11) is 2.54. The highest BCUT2D eigenvalue weighted by Gasteiger charge is 2.39. The summed E-state index contributed by atoms with van der Waals surface area (Å²) >= 11 is 0.595. The van der Waals surface area contributed by atoms with Crippen molar-refractivity contribution in [2.24, 2.45) is 0 Å². The monoisotopic (exact) mass is 478 g/mol. The number of alkyl halides is 3. The number of carbonyl (C=O) groups is 1. The van der Waals surface area contributed by atoms with Crippen LogP contribution in [0.25, 0.3) is 10.6 Å². The van der Waals surface area contributed by atoms with Gasteiger partial charge in [-0.05, 0) is 25.5 Å².